The van der Waals surface area contributed by atoms with Gasteiger partial charge in [-0.25, -0.2) is 14.8 Å². The minimum Gasteiger partial charge on any atom is -0.478 e. The van der Waals surface area contributed by atoms with Crippen LogP contribution in [-0.4, -0.2) is 44.9 Å². The van der Waals surface area contributed by atoms with Crippen molar-refractivity contribution in [1.82, 2.24) is 20.6 Å². The fourth-order valence-corrected chi connectivity index (χ4v) is 2.18. The lowest BCUT2D eigenvalue weighted by Gasteiger charge is -2.25. The molecule has 0 aliphatic heterocycles. The summed E-state index contributed by atoms with van der Waals surface area (Å²) < 4.78 is 0. The van der Waals surface area contributed by atoms with Crippen molar-refractivity contribution < 1.29 is 19.5 Å². The molecule has 8 nitrogen and oxygen atoms in total. The normalized spacial score (nSPS) is 10.8. The summed E-state index contributed by atoms with van der Waals surface area (Å²) in [7, 11) is 0. The number of aromatic nitrogens is 2. The number of amides is 2. The summed E-state index contributed by atoms with van der Waals surface area (Å²) in [5, 5.41) is 14.3. The number of carbonyl (C=O) groups is 3. The van der Waals surface area contributed by atoms with Gasteiger partial charge in [0.2, 0.25) is 5.91 Å². The highest BCUT2D eigenvalue weighted by molar-refractivity contribution is 5.98. The van der Waals surface area contributed by atoms with E-state index >= 15 is 0 Å². The second-order valence-corrected chi connectivity index (χ2v) is 6.21. The van der Waals surface area contributed by atoms with Gasteiger partial charge in [-0.2, -0.15) is 0 Å². The lowest BCUT2D eigenvalue weighted by Crippen LogP contribution is -2.55. The zero-order chi connectivity index (χ0) is 19.2. The first-order valence-electron chi connectivity index (χ1n) is 7.97. The van der Waals surface area contributed by atoms with Crippen LogP contribution >= 0.6 is 0 Å². The maximum atomic E-state index is 12.3. The van der Waals surface area contributed by atoms with Crippen molar-refractivity contribution in [2.75, 3.05) is 6.54 Å². The van der Waals surface area contributed by atoms with Crippen LogP contribution in [0.2, 0.25) is 0 Å². The number of rotatable bonds is 7. The predicted octanol–water partition coefficient (Wildman–Crippen LogP) is 1.04. The Balaban J connectivity index is 1.85. The van der Waals surface area contributed by atoms with E-state index in [0.29, 0.717) is 13.0 Å². The molecule has 0 radical (unpaired) electrons. The molecule has 0 saturated heterocycles. The van der Waals surface area contributed by atoms with E-state index < -0.39 is 17.4 Å². The Bertz CT molecular complexity index is 789. The fourth-order valence-electron chi connectivity index (χ4n) is 2.18. The topological polar surface area (TPSA) is 121 Å². The summed E-state index contributed by atoms with van der Waals surface area (Å²) >= 11 is 0. The summed E-state index contributed by atoms with van der Waals surface area (Å²) in [5.41, 5.74) is 0.275. The van der Waals surface area contributed by atoms with Gasteiger partial charge in [0, 0.05) is 18.9 Å². The number of benzene rings is 1. The third kappa shape index (κ3) is 5.10. The molecule has 1 aromatic carbocycles. The van der Waals surface area contributed by atoms with Crippen LogP contribution in [0.4, 0.5) is 0 Å². The van der Waals surface area contributed by atoms with E-state index in [9.17, 15) is 14.4 Å². The van der Waals surface area contributed by atoms with Gasteiger partial charge in [0.15, 0.2) is 0 Å². The van der Waals surface area contributed by atoms with Crippen LogP contribution in [0.15, 0.2) is 43.0 Å². The van der Waals surface area contributed by atoms with Gasteiger partial charge in [-0.15, -0.1) is 0 Å². The summed E-state index contributed by atoms with van der Waals surface area (Å²) in [5.74, 6) is -1.74. The molecule has 0 unspecified atom stereocenters. The molecule has 136 valence electrons. The van der Waals surface area contributed by atoms with E-state index in [1.54, 1.807) is 26.0 Å². The minimum absolute atomic E-state index is 0.214. The van der Waals surface area contributed by atoms with Gasteiger partial charge in [0.25, 0.3) is 5.91 Å². The van der Waals surface area contributed by atoms with Crippen molar-refractivity contribution in [2.24, 2.45) is 0 Å². The van der Waals surface area contributed by atoms with E-state index in [2.05, 4.69) is 20.6 Å². The van der Waals surface area contributed by atoms with Gasteiger partial charge in [-0.05, 0) is 38.0 Å². The summed E-state index contributed by atoms with van der Waals surface area (Å²) in [6.07, 6.45) is 4.61. The third-order valence-electron chi connectivity index (χ3n) is 3.72. The quantitative estimate of drug-likeness (QED) is 0.681. The van der Waals surface area contributed by atoms with E-state index in [-0.39, 0.29) is 17.0 Å². The number of aromatic carboxylic acids is 1. The number of carboxylic acid groups (broad SMARTS) is 1. The lowest BCUT2D eigenvalue weighted by molar-refractivity contribution is -0.126. The van der Waals surface area contributed by atoms with Gasteiger partial charge in [-0.3, -0.25) is 9.59 Å². The SMILES string of the molecule is CC(C)(NC(=O)c1cncnc1)C(=O)NCCc1ccc(C(=O)O)cc1. The molecule has 2 rings (SSSR count). The first-order valence-corrected chi connectivity index (χ1v) is 7.97. The predicted molar refractivity (Wildman–Crippen MR) is 93.7 cm³/mol. The molecule has 0 bridgehead atoms. The van der Waals surface area contributed by atoms with Crippen LogP contribution in [-0.2, 0) is 11.2 Å². The Hall–Kier alpha value is -3.29. The second kappa shape index (κ2) is 8.19. The maximum absolute atomic E-state index is 12.3. The van der Waals surface area contributed by atoms with Gasteiger partial charge < -0.3 is 15.7 Å². The van der Waals surface area contributed by atoms with Gasteiger partial charge in [0.05, 0.1) is 11.1 Å². The van der Waals surface area contributed by atoms with Crippen LogP contribution in [0.1, 0.15) is 40.1 Å². The molecule has 0 aliphatic carbocycles. The molecule has 0 atom stereocenters. The molecule has 1 heterocycles. The molecule has 3 N–H and O–H groups in total. The molecule has 0 fully saturated rings. The first-order chi connectivity index (χ1) is 12.3. The first kappa shape index (κ1) is 19.0. The van der Waals surface area contributed by atoms with Crippen LogP contribution < -0.4 is 10.6 Å². The lowest BCUT2D eigenvalue weighted by atomic mass is 10.0. The van der Waals surface area contributed by atoms with Crippen LogP contribution in [0.25, 0.3) is 0 Å². The monoisotopic (exact) mass is 356 g/mol. The Morgan fingerprint density at radius 1 is 1.04 bits per heavy atom. The minimum atomic E-state index is -1.11. The van der Waals surface area contributed by atoms with Crippen LogP contribution in [0.5, 0.6) is 0 Å². The van der Waals surface area contributed by atoms with Crippen molar-refractivity contribution in [3.63, 3.8) is 0 Å². The van der Waals surface area contributed by atoms with E-state index in [4.69, 9.17) is 5.11 Å². The molecule has 8 heteroatoms. The summed E-state index contributed by atoms with van der Waals surface area (Å²) in [4.78, 5) is 42.8. The molecule has 2 aromatic rings. The number of carbonyl (C=O) groups excluding carboxylic acids is 2. The Morgan fingerprint density at radius 3 is 2.23 bits per heavy atom. The summed E-state index contributed by atoms with van der Waals surface area (Å²) in [6, 6.07) is 6.45. The maximum Gasteiger partial charge on any atom is 0.335 e. The number of nitrogens with zero attached hydrogens (tertiary/aromatic N) is 2. The van der Waals surface area contributed by atoms with Gasteiger partial charge in [0.1, 0.15) is 11.9 Å². The molecule has 26 heavy (non-hydrogen) atoms. The third-order valence-corrected chi connectivity index (χ3v) is 3.72. The molecule has 1 aromatic heterocycles. The Labute approximate surface area is 150 Å². The van der Waals surface area contributed by atoms with E-state index in [1.807, 2.05) is 0 Å². The highest BCUT2D eigenvalue weighted by Gasteiger charge is 2.29. The largest absolute Gasteiger partial charge is 0.478 e. The Morgan fingerprint density at radius 2 is 1.65 bits per heavy atom. The molecule has 0 saturated carbocycles. The second-order valence-electron chi connectivity index (χ2n) is 6.21. The van der Waals surface area contributed by atoms with Crippen LogP contribution in [0, 0.1) is 0 Å². The molecular weight excluding hydrogens is 336 g/mol. The van der Waals surface area contributed by atoms with E-state index in [1.165, 1.54) is 30.9 Å². The highest BCUT2D eigenvalue weighted by Crippen LogP contribution is 2.07. The van der Waals surface area contributed by atoms with Crippen molar-refractivity contribution in [2.45, 2.75) is 25.8 Å². The Kier molecular flexibility index (Phi) is 6.00. The number of hydrogen-bond acceptors (Lipinski definition) is 5. The standard InChI is InChI=1S/C18H20N4O4/c1-18(2,22-15(23)14-9-19-11-20-10-14)17(26)21-8-7-12-3-5-13(6-4-12)16(24)25/h3-6,9-11H,7-8H2,1-2H3,(H,21,26)(H,22,23)(H,24,25). The number of carboxylic acids is 1. The zero-order valence-corrected chi connectivity index (χ0v) is 14.5. The van der Waals surface area contributed by atoms with Gasteiger partial charge in [-0.1, -0.05) is 12.1 Å². The molecule has 0 spiro atoms. The zero-order valence-electron chi connectivity index (χ0n) is 14.5. The highest BCUT2D eigenvalue weighted by atomic mass is 16.4. The van der Waals surface area contributed by atoms with Crippen molar-refractivity contribution in [3.8, 4) is 0 Å². The van der Waals surface area contributed by atoms with E-state index in [0.717, 1.165) is 5.56 Å². The van der Waals surface area contributed by atoms with Crippen molar-refractivity contribution >= 4 is 17.8 Å². The smallest absolute Gasteiger partial charge is 0.335 e. The van der Waals surface area contributed by atoms with Crippen molar-refractivity contribution in [1.29, 1.82) is 0 Å². The fraction of sp³-hybridized carbons (Fsp3) is 0.278. The molecule has 0 aliphatic rings. The van der Waals surface area contributed by atoms with Crippen molar-refractivity contribution in [3.05, 3.63) is 59.7 Å². The van der Waals surface area contributed by atoms with Crippen LogP contribution in [0.3, 0.4) is 0 Å². The molecular formula is C18H20N4O4. The summed E-state index contributed by atoms with van der Waals surface area (Å²) in [6.45, 7) is 3.57. The van der Waals surface area contributed by atoms with Gasteiger partial charge >= 0.3 is 5.97 Å². The number of hydrogen-bond donors (Lipinski definition) is 3. The number of nitrogens with one attached hydrogen (secondary N) is 2. The average Bonchev–Trinajstić information content (AvgIpc) is 2.62. The molecule has 2 amide bonds. The average molecular weight is 356 g/mol.